The first-order valence-electron chi connectivity index (χ1n) is 6.87. The molecule has 0 aliphatic carbocycles. The van der Waals surface area contributed by atoms with Crippen LogP contribution in [0.15, 0.2) is 41.6 Å². The molecule has 0 amide bonds. The van der Waals surface area contributed by atoms with Crippen LogP contribution in [0.25, 0.3) is 11.1 Å². The molecule has 1 N–H and O–H groups in total. The van der Waals surface area contributed by atoms with E-state index in [4.69, 9.17) is 0 Å². The molecule has 23 heavy (non-hydrogen) atoms. The predicted molar refractivity (Wildman–Crippen MR) is 88.0 cm³/mol. The first-order chi connectivity index (χ1) is 10.5. The summed E-state index contributed by atoms with van der Waals surface area (Å²) in [4.78, 5) is 16.2. The van der Waals surface area contributed by atoms with E-state index in [0.717, 1.165) is 10.6 Å². The van der Waals surface area contributed by atoms with Crippen LogP contribution in [0.5, 0.6) is 0 Å². The van der Waals surface area contributed by atoms with Crippen LogP contribution in [0.4, 0.5) is 0 Å². The van der Waals surface area contributed by atoms with Crippen molar-refractivity contribution in [3.63, 3.8) is 0 Å². The summed E-state index contributed by atoms with van der Waals surface area (Å²) in [6, 6.07) is 9.10. The van der Waals surface area contributed by atoms with Gasteiger partial charge < -0.3 is 6.53 Å². The first kappa shape index (κ1) is 19.7. The van der Waals surface area contributed by atoms with Crippen LogP contribution in [0.1, 0.15) is 31.2 Å². The fraction of sp³-hybridized carbons (Fsp3) is 0.235. The van der Waals surface area contributed by atoms with Gasteiger partial charge in [-0.05, 0) is 29.7 Å². The standard InChI is InChI=1S/C17H16N2O2S.Na.H/c1-11(2)10-22-16-4-3-12(7-13(16)8-18)15-9-19-6-5-14(15)17(20)21;;/h3-7,9,11H,10H2,1-2H3,(H,20,21);;/q;+1;-1. The van der Waals surface area contributed by atoms with Crippen molar-refractivity contribution in [2.24, 2.45) is 5.92 Å². The van der Waals surface area contributed by atoms with Gasteiger partial charge in [-0.2, -0.15) is 5.26 Å². The number of aromatic carboxylic acids is 1. The van der Waals surface area contributed by atoms with Gasteiger partial charge in [-0.1, -0.05) is 19.9 Å². The maximum absolute atomic E-state index is 11.3. The third kappa shape index (κ3) is 5.08. The number of benzene rings is 1. The van der Waals surface area contributed by atoms with Gasteiger partial charge in [0, 0.05) is 28.6 Å². The van der Waals surface area contributed by atoms with Crippen molar-refractivity contribution < 1.29 is 40.9 Å². The molecule has 4 nitrogen and oxygen atoms in total. The van der Waals surface area contributed by atoms with Gasteiger partial charge >= 0.3 is 35.5 Å². The predicted octanol–water partition coefficient (Wildman–Crippen LogP) is 1.18. The third-order valence-electron chi connectivity index (χ3n) is 3.03. The molecule has 2 rings (SSSR count). The summed E-state index contributed by atoms with van der Waals surface area (Å²) in [5.74, 6) is 0.462. The molecule has 0 spiro atoms. The zero-order valence-electron chi connectivity index (χ0n) is 14.4. The smallest absolute Gasteiger partial charge is 1.00 e. The van der Waals surface area contributed by atoms with E-state index in [2.05, 4.69) is 24.9 Å². The molecule has 0 bridgehead atoms. The van der Waals surface area contributed by atoms with Crippen LogP contribution in [-0.2, 0) is 0 Å². The largest absolute Gasteiger partial charge is 1.00 e. The Morgan fingerprint density at radius 1 is 1.43 bits per heavy atom. The van der Waals surface area contributed by atoms with E-state index in [1.807, 2.05) is 12.1 Å². The monoisotopic (exact) mass is 336 g/mol. The van der Waals surface area contributed by atoms with Gasteiger partial charge in [-0.15, -0.1) is 11.8 Å². The van der Waals surface area contributed by atoms with Gasteiger partial charge in [0.15, 0.2) is 0 Å². The number of rotatable bonds is 5. The molecule has 0 saturated carbocycles. The maximum Gasteiger partial charge on any atom is 1.00 e. The average Bonchev–Trinajstić information content (AvgIpc) is 2.52. The quantitative estimate of drug-likeness (QED) is 0.656. The summed E-state index contributed by atoms with van der Waals surface area (Å²) < 4.78 is 0. The van der Waals surface area contributed by atoms with Gasteiger partial charge in [-0.25, -0.2) is 4.79 Å². The molecule has 0 aliphatic heterocycles. The molecule has 2 aromatic rings. The molecule has 0 unspecified atom stereocenters. The minimum absolute atomic E-state index is 0. The molecule has 1 aromatic carbocycles. The molecule has 0 radical (unpaired) electrons. The Hall–Kier alpha value is -1.32. The van der Waals surface area contributed by atoms with Crippen molar-refractivity contribution >= 4 is 17.7 Å². The summed E-state index contributed by atoms with van der Waals surface area (Å²) in [5.41, 5.74) is 1.95. The summed E-state index contributed by atoms with van der Waals surface area (Å²) >= 11 is 1.64. The third-order valence-corrected chi connectivity index (χ3v) is 4.54. The molecule has 0 saturated heterocycles. The number of aromatic nitrogens is 1. The topological polar surface area (TPSA) is 74.0 Å². The second-order valence-corrected chi connectivity index (χ2v) is 6.32. The fourth-order valence-corrected chi connectivity index (χ4v) is 2.92. The number of hydrogen-bond donors (Lipinski definition) is 1. The minimum Gasteiger partial charge on any atom is -1.00 e. The van der Waals surface area contributed by atoms with E-state index >= 15 is 0 Å². The molecule has 0 atom stereocenters. The minimum atomic E-state index is -1.01. The van der Waals surface area contributed by atoms with E-state index < -0.39 is 5.97 Å². The Morgan fingerprint density at radius 3 is 2.78 bits per heavy atom. The van der Waals surface area contributed by atoms with Crippen LogP contribution in [-0.4, -0.2) is 21.8 Å². The summed E-state index contributed by atoms with van der Waals surface area (Å²) in [5, 5.41) is 18.6. The van der Waals surface area contributed by atoms with Crippen molar-refractivity contribution in [2.45, 2.75) is 18.7 Å². The van der Waals surface area contributed by atoms with Gasteiger partial charge in [-0.3, -0.25) is 4.98 Å². The number of carbonyl (C=O) groups is 1. The van der Waals surface area contributed by atoms with Crippen LogP contribution in [0, 0.1) is 17.2 Å². The molecule has 6 heteroatoms. The Morgan fingerprint density at radius 2 is 2.17 bits per heavy atom. The Kier molecular flexibility index (Phi) is 7.80. The second-order valence-electron chi connectivity index (χ2n) is 5.25. The molecule has 1 aromatic heterocycles. The Bertz CT molecular complexity index is 748. The van der Waals surface area contributed by atoms with E-state index in [1.165, 1.54) is 18.5 Å². The van der Waals surface area contributed by atoms with Crippen LogP contribution >= 0.6 is 11.8 Å². The Balaban J connectivity index is 0.00000264. The Labute approximate surface area is 163 Å². The first-order valence-corrected chi connectivity index (χ1v) is 7.86. The van der Waals surface area contributed by atoms with Crippen LogP contribution in [0.2, 0.25) is 0 Å². The van der Waals surface area contributed by atoms with Crippen molar-refractivity contribution in [1.29, 1.82) is 5.26 Å². The molecule has 1 heterocycles. The SMILES string of the molecule is CC(C)CSc1ccc(-c2cnccc2C(=O)O)cc1C#N.[H-].[Na+]. The molecule has 0 fully saturated rings. The van der Waals surface area contributed by atoms with E-state index in [9.17, 15) is 15.2 Å². The maximum atomic E-state index is 11.3. The average molecular weight is 336 g/mol. The van der Waals surface area contributed by atoms with Crippen molar-refractivity contribution in [1.82, 2.24) is 4.98 Å². The van der Waals surface area contributed by atoms with Gasteiger partial charge in [0.05, 0.1) is 11.1 Å². The van der Waals surface area contributed by atoms with Gasteiger partial charge in [0.25, 0.3) is 0 Å². The van der Waals surface area contributed by atoms with Crippen molar-refractivity contribution in [2.75, 3.05) is 5.75 Å². The normalized spacial score (nSPS) is 10.0. The summed E-state index contributed by atoms with van der Waals surface area (Å²) in [6.45, 7) is 4.25. The molecular weight excluding hydrogens is 319 g/mol. The fourth-order valence-electron chi connectivity index (χ4n) is 1.98. The molecule has 114 valence electrons. The van der Waals surface area contributed by atoms with Gasteiger partial charge in [0.2, 0.25) is 0 Å². The number of thioether (sulfide) groups is 1. The van der Waals surface area contributed by atoms with Crippen LogP contribution < -0.4 is 29.6 Å². The number of hydrogen-bond acceptors (Lipinski definition) is 4. The van der Waals surface area contributed by atoms with Crippen molar-refractivity contribution in [3.8, 4) is 17.2 Å². The number of pyridine rings is 1. The van der Waals surface area contributed by atoms with E-state index in [1.54, 1.807) is 17.8 Å². The summed E-state index contributed by atoms with van der Waals surface area (Å²) in [7, 11) is 0. The second kappa shape index (κ2) is 9.09. The van der Waals surface area contributed by atoms with Crippen LogP contribution in [0.3, 0.4) is 0 Å². The zero-order valence-corrected chi connectivity index (χ0v) is 16.2. The summed E-state index contributed by atoms with van der Waals surface area (Å²) in [6.07, 6.45) is 2.96. The van der Waals surface area contributed by atoms with Gasteiger partial charge in [0.1, 0.15) is 6.07 Å². The molecular formula is C17H17N2NaO2S. The van der Waals surface area contributed by atoms with Crippen molar-refractivity contribution in [3.05, 3.63) is 47.8 Å². The molecule has 0 aliphatic rings. The number of nitriles is 1. The number of nitrogens with zero attached hydrogens (tertiary/aromatic N) is 2. The zero-order chi connectivity index (χ0) is 16.1. The van der Waals surface area contributed by atoms with E-state index in [-0.39, 0.29) is 36.5 Å². The number of carboxylic acids is 1. The number of carboxylic acid groups (broad SMARTS) is 1. The van der Waals surface area contributed by atoms with E-state index in [0.29, 0.717) is 22.6 Å².